The Bertz CT molecular complexity index is 273. The van der Waals surface area contributed by atoms with Crippen LogP contribution in [-0.2, 0) is 0 Å². The molecule has 1 rings (SSSR count). The van der Waals surface area contributed by atoms with Crippen LogP contribution in [0.3, 0.4) is 0 Å². The molecule has 0 aromatic heterocycles. The van der Waals surface area contributed by atoms with Crippen molar-refractivity contribution in [1.82, 2.24) is 0 Å². The Labute approximate surface area is 93.9 Å². The molecular formula is C14H24O. The molecule has 1 aliphatic rings. The van der Waals surface area contributed by atoms with Gasteiger partial charge in [-0.1, -0.05) is 45.4 Å². The minimum absolute atomic E-state index is 0.189. The van der Waals surface area contributed by atoms with Crippen LogP contribution in [-0.4, -0.2) is 11.7 Å². The van der Waals surface area contributed by atoms with Crippen molar-refractivity contribution < 1.29 is 5.11 Å². The van der Waals surface area contributed by atoms with Crippen molar-refractivity contribution >= 4 is 0 Å². The predicted molar refractivity (Wildman–Crippen MR) is 65.7 cm³/mol. The minimum atomic E-state index is 0.189. The van der Waals surface area contributed by atoms with Gasteiger partial charge in [0.25, 0.3) is 0 Å². The summed E-state index contributed by atoms with van der Waals surface area (Å²) in [6.45, 7) is 9.34. The molecule has 1 heteroatoms. The summed E-state index contributed by atoms with van der Waals surface area (Å²) >= 11 is 0. The Balaban J connectivity index is 3.11. The summed E-state index contributed by atoms with van der Waals surface area (Å²) in [5.74, 6) is 0.630. The van der Waals surface area contributed by atoms with Gasteiger partial charge in [-0.05, 0) is 36.2 Å². The first-order chi connectivity index (χ1) is 7.06. The molecule has 0 saturated heterocycles. The van der Waals surface area contributed by atoms with E-state index in [1.165, 1.54) is 5.57 Å². The van der Waals surface area contributed by atoms with Gasteiger partial charge >= 0.3 is 0 Å². The highest BCUT2D eigenvalue weighted by Gasteiger charge is 2.32. The van der Waals surface area contributed by atoms with Crippen LogP contribution in [0, 0.1) is 11.3 Å². The molecule has 0 aromatic carbocycles. The third-order valence-electron chi connectivity index (χ3n) is 4.14. The van der Waals surface area contributed by atoms with Crippen LogP contribution in [0.2, 0.25) is 0 Å². The molecule has 0 amide bonds. The molecule has 1 nitrogen and oxygen atoms in total. The fourth-order valence-electron chi connectivity index (χ4n) is 2.48. The van der Waals surface area contributed by atoms with E-state index in [-0.39, 0.29) is 12.0 Å². The predicted octanol–water partition coefficient (Wildman–Crippen LogP) is 3.70. The van der Waals surface area contributed by atoms with E-state index in [1.807, 2.05) is 0 Å². The third kappa shape index (κ3) is 2.34. The Kier molecular flexibility index (Phi) is 4.15. The summed E-state index contributed by atoms with van der Waals surface area (Å²) in [6, 6.07) is 0. The molecule has 0 aliphatic heterocycles. The average Bonchev–Trinajstić information content (AvgIpc) is 2.27. The van der Waals surface area contributed by atoms with Crippen molar-refractivity contribution in [3.05, 3.63) is 23.3 Å². The molecule has 1 unspecified atom stereocenters. The smallest absolute Gasteiger partial charge is 0.0681 e. The third-order valence-corrected chi connectivity index (χ3v) is 4.14. The molecular weight excluding hydrogens is 184 g/mol. The zero-order chi connectivity index (χ0) is 11.5. The minimum Gasteiger partial charge on any atom is -0.392 e. The zero-order valence-corrected chi connectivity index (χ0v) is 10.5. The van der Waals surface area contributed by atoms with Crippen molar-refractivity contribution in [3.63, 3.8) is 0 Å². The highest BCUT2D eigenvalue weighted by atomic mass is 16.3. The monoisotopic (exact) mass is 208 g/mol. The first kappa shape index (κ1) is 12.5. The summed E-state index contributed by atoms with van der Waals surface area (Å²) in [5.41, 5.74) is 2.88. The van der Waals surface area contributed by atoms with Gasteiger partial charge in [0.15, 0.2) is 0 Å². The first-order valence-corrected chi connectivity index (χ1v) is 6.06. The van der Waals surface area contributed by atoms with E-state index in [1.54, 1.807) is 0 Å². The molecule has 1 aliphatic carbocycles. The molecule has 0 fully saturated rings. The fourth-order valence-corrected chi connectivity index (χ4v) is 2.48. The molecule has 0 bridgehead atoms. The Morgan fingerprint density at radius 1 is 1.47 bits per heavy atom. The van der Waals surface area contributed by atoms with Crippen molar-refractivity contribution in [1.29, 1.82) is 0 Å². The Hall–Kier alpha value is -0.560. The van der Waals surface area contributed by atoms with E-state index in [4.69, 9.17) is 0 Å². The van der Waals surface area contributed by atoms with Gasteiger partial charge in [0, 0.05) is 0 Å². The van der Waals surface area contributed by atoms with Crippen LogP contribution in [0.15, 0.2) is 23.3 Å². The van der Waals surface area contributed by atoms with Crippen LogP contribution < -0.4 is 0 Å². The van der Waals surface area contributed by atoms with E-state index < -0.39 is 0 Å². The largest absolute Gasteiger partial charge is 0.392 e. The molecule has 15 heavy (non-hydrogen) atoms. The molecule has 0 saturated carbocycles. The lowest BCUT2D eigenvalue weighted by molar-refractivity contribution is 0.248. The molecule has 0 spiro atoms. The van der Waals surface area contributed by atoms with E-state index >= 15 is 0 Å². The summed E-state index contributed by atoms with van der Waals surface area (Å²) in [6.07, 6.45) is 7.67. The number of rotatable bonds is 4. The second-order valence-corrected chi connectivity index (χ2v) is 5.03. The van der Waals surface area contributed by atoms with E-state index in [2.05, 4.69) is 39.8 Å². The van der Waals surface area contributed by atoms with Crippen molar-refractivity contribution in [2.45, 2.75) is 47.0 Å². The number of hydrogen-bond acceptors (Lipinski definition) is 1. The SMILES string of the molecule is CCC(C)(C1=C(CO)C=CCC1)C(C)C. The van der Waals surface area contributed by atoms with Gasteiger partial charge in [0.05, 0.1) is 6.61 Å². The van der Waals surface area contributed by atoms with Gasteiger partial charge in [-0.2, -0.15) is 0 Å². The molecule has 86 valence electrons. The second-order valence-electron chi connectivity index (χ2n) is 5.03. The van der Waals surface area contributed by atoms with Gasteiger partial charge in [-0.3, -0.25) is 0 Å². The summed E-state index contributed by atoms with van der Waals surface area (Å²) in [7, 11) is 0. The van der Waals surface area contributed by atoms with Gasteiger partial charge in [-0.15, -0.1) is 0 Å². The quantitative estimate of drug-likeness (QED) is 0.747. The highest BCUT2D eigenvalue weighted by Crippen LogP contribution is 2.43. The number of hydrogen-bond donors (Lipinski definition) is 1. The van der Waals surface area contributed by atoms with E-state index in [0.717, 1.165) is 24.8 Å². The second kappa shape index (κ2) is 4.98. The number of aliphatic hydroxyl groups excluding tert-OH is 1. The number of aliphatic hydroxyl groups is 1. The van der Waals surface area contributed by atoms with Gasteiger partial charge < -0.3 is 5.11 Å². The van der Waals surface area contributed by atoms with Crippen LogP contribution in [0.5, 0.6) is 0 Å². The molecule has 0 aromatic rings. The topological polar surface area (TPSA) is 20.2 Å². The Morgan fingerprint density at radius 2 is 2.13 bits per heavy atom. The van der Waals surface area contributed by atoms with Crippen molar-refractivity contribution in [2.24, 2.45) is 11.3 Å². The van der Waals surface area contributed by atoms with Gasteiger partial charge in [0.2, 0.25) is 0 Å². The lowest BCUT2D eigenvalue weighted by Crippen LogP contribution is -2.27. The lowest BCUT2D eigenvalue weighted by atomic mass is 9.67. The van der Waals surface area contributed by atoms with E-state index in [9.17, 15) is 5.11 Å². The standard InChI is InChI=1S/C14H24O/c1-5-14(4,11(2)3)13-9-7-6-8-12(13)10-15/h6,8,11,15H,5,7,9-10H2,1-4H3. The lowest BCUT2D eigenvalue weighted by Gasteiger charge is -2.38. The van der Waals surface area contributed by atoms with Crippen molar-refractivity contribution in [2.75, 3.05) is 6.61 Å². The summed E-state index contributed by atoms with van der Waals surface area (Å²) in [4.78, 5) is 0. The van der Waals surface area contributed by atoms with Crippen molar-refractivity contribution in [3.8, 4) is 0 Å². The first-order valence-electron chi connectivity index (χ1n) is 6.06. The average molecular weight is 208 g/mol. The van der Waals surface area contributed by atoms with Crippen LogP contribution in [0.4, 0.5) is 0 Å². The maximum atomic E-state index is 9.39. The molecule has 0 radical (unpaired) electrons. The van der Waals surface area contributed by atoms with Crippen LogP contribution in [0.25, 0.3) is 0 Å². The van der Waals surface area contributed by atoms with Crippen LogP contribution in [0.1, 0.15) is 47.0 Å². The molecule has 0 heterocycles. The van der Waals surface area contributed by atoms with Gasteiger partial charge in [-0.25, -0.2) is 0 Å². The summed E-state index contributed by atoms with van der Waals surface area (Å²) in [5, 5.41) is 9.39. The molecule has 1 N–H and O–H groups in total. The normalized spacial score (nSPS) is 20.9. The van der Waals surface area contributed by atoms with E-state index in [0.29, 0.717) is 5.92 Å². The molecule has 1 atom stereocenters. The highest BCUT2D eigenvalue weighted by molar-refractivity contribution is 5.34. The van der Waals surface area contributed by atoms with Gasteiger partial charge in [0.1, 0.15) is 0 Å². The summed E-state index contributed by atoms with van der Waals surface area (Å²) < 4.78 is 0. The number of allylic oxidation sites excluding steroid dienone is 2. The maximum Gasteiger partial charge on any atom is 0.0681 e. The zero-order valence-electron chi connectivity index (χ0n) is 10.5. The Morgan fingerprint density at radius 3 is 2.60 bits per heavy atom. The maximum absolute atomic E-state index is 9.39. The van der Waals surface area contributed by atoms with Crippen LogP contribution >= 0.6 is 0 Å². The fraction of sp³-hybridized carbons (Fsp3) is 0.714.